The molecule has 28 heavy (non-hydrogen) atoms. The van der Waals surface area contributed by atoms with E-state index in [2.05, 4.69) is 27.1 Å². The lowest BCUT2D eigenvalue weighted by Crippen LogP contribution is -2.22. The summed E-state index contributed by atoms with van der Waals surface area (Å²) >= 11 is 0. The molecule has 0 radical (unpaired) electrons. The van der Waals surface area contributed by atoms with Crippen LogP contribution in [0.1, 0.15) is 43.0 Å². The molecule has 0 saturated heterocycles. The monoisotopic (exact) mass is 388 g/mol. The van der Waals surface area contributed by atoms with Crippen LogP contribution in [0.5, 0.6) is 0 Å². The van der Waals surface area contributed by atoms with E-state index in [-0.39, 0.29) is 11.4 Å². The molecule has 0 bridgehead atoms. The number of nitrogens with zero attached hydrogens (tertiary/aromatic N) is 3. The molecule has 1 aromatic carbocycles. The molecule has 0 amide bonds. The number of aryl methyl sites for hydroxylation is 1. The summed E-state index contributed by atoms with van der Waals surface area (Å²) in [5.41, 5.74) is 2.43. The Morgan fingerprint density at radius 1 is 1.04 bits per heavy atom. The Balaban J connectivity index is 1.84. The molecule has 1 aliphatic carbocycles. The van der Waals surface area contributed by atoms with Crippen LogP contribution in [-0.4, -0.2) is 28.5 Å². The predicted octanol–water partition coefficient (Wildman–Crippen LogP) is 5.02. The van der Waals surface area contributed by atoms with Gasteiger partial charge in [-0.15, -0.1) is 0 Å². The quantitative estimate of drug-likeness (QED) is 0.802. The van der Waals surface area contributed by atoms with Gasteiger partial charge in [0.25, 0.3) is 0 Å². The molecule has 1 N–H and O–H groups in total. The highest BCUT2D eigenvalue weighted by atomic mass is 19.4. The first kappa shape index (κ1) is 18.8. The zero-order valence-corrected chi connectivity index (χ0v) is 16.0. The predicted molar refractivity (Wildman–Crippen MR) is 103 cm³/mol. The molecule has 4 rings (SSSR count). The van der Waals surface area contributed by atoms with Gasteiger partial charge in [0, 0.05) is 30.4 Å². The average molecular weight is 388 g/mol. The minimum absolute atomic E-state index is 0.0249. The van der Waals surface area contributed by atoms with Crippen molar-refractivity contribution in [3.8, 4) is 11.4 Å². The highest BCUT2D eigenvalue weighted by molar-refractivity contribution is 5.65. The van der Waals surface area contributed by atoms with Crippen molar-refractivity contribution in [1.29, 1.82) is 0 Å². The van der Waals surface area contributed by atoms with Crippen molar-refractivity contribution in [3.63, 3.8) is 0 Å². The summed E-state index contributed by atoms with van der Waals surface area (Å²) in [6, 6.07) is 5.52. The second-order valence-corrected chi connectivity index (χ2v) is 7.50. The number of rotatable bonds is 3. The molecule has 2 heterocycles. The lowest BCUT2D eigenvalue weighted by Gasteiger charge is -2.24. The van der Waals surface area contributed by atoms with Crippen LogP contribution < -0.4 is 5.32 Å². The van der Waals surface area contributed by atoms with Gasteiger partial charge in [0.05, 0.1) is 5.56 Å². The van der Waals surface area contributed by atoms with Crippen LogP contribution in [0.3, 0.4) is 0 Å². The van der Waals surface area contributed by atoms with E-state index in [0.29, 0.717) is 5.82 Å². The first-order chi connectivity index (χ1) is 13.3. The Morgan fingerprint density at radius 3 is 2.50 bits per heavy atom. The molecule has 1 aromatic heterocycles. The number of alkyl halides is 3. The average Bonchev–Trinajstić information content (AvgIpc) is 2.99. The number of hydrogen-bond acceptors (Lipinski definition) is 4. The topological polar surface area (TPSA) is 41.1 Å². The normalized spacial score (nSPS) is 17.1. The van der Waals surface area contributed by atoms with Crippen molar-refractivity contribution >= 4 is 5.82 Å². The Labute approximate surface area is 162 Å². The van der Waals surface area contributed by atoms with Gasteiger partial charge in [-0.25, -0.2) is 9.97 Å². The third kappa shape index (κ3) is 3.45. The van der Waals surface area contributed by atoms with E-state index < -0.39 is 11.7 Å². The number of aromatic nitrogens is 2. The number of halogens is 3. The molecule has 0 spiro atoms. The highest BCUT2D eigenvalue weighted by Gasteiger charge is 2.34. The molecular weight excluding hydrogens is 365 g/mol. The standard InChI is InChI=1S/C21H23F3N4/c1-13-11-12-28(2)20(13)27-19-15-8-4-6-10-17(15)25-18(26-19)14-7-3-5-9-16(14)21(22,23)24/h3,5,7,9H,4,6,8,10-12H2,1-2H3,(H,25,26,27). The van der Waals surface area contributed by atoms with Crippen molar-refractivity contribution in [2.75, 3.05) is 18.9 Å². The number of anilines is 1. The van der Waals surface area contributed by atoms with Gasteiger partial charge >= 0.3 is 6.18 Å². The second-order valence-electron chi connectivity index (χ2n) is 7.50. The molecule has 0 atom stereocenters. The molecule has 1 aliphatic heterocycles. The van der Waals surface area contributed by atoms with Gasteiger partial charge < -0.3 is 10.2 Å². The van der Waals surface area contributed by atoms with Gasteiger partial charge in [0.2, 0.25) is 0 Å². The maximum Gasteiger partial charge on any atom is 0.417 e. The van der Waals surface area contributed by atoms with Gasteiger partial charge in [0.1, 0.15) is 11.6 Å². The van der Waals surface area contributed by atoms with Crippen molar-refractivity contribution in [1.82, 2.24) is 14.9 Å². The summed E-state index contributed by atoms with van der Waals surface area (Å²) in [7, 11) is 2.01. The van der Waals surface area contributed by atoms with Gasteiger partial charge in [0.15, 0.2) is 5.82 Å². The van der Waals surface area contributed by atoms with E-state index in [0.717, 1.165) is 61.8 Å². The SMILES string of the molecule is CC1=C(Nc2nc(-c3ccccc3C(F)(F)F)nc3c2CCCC3)N(C)CC1. The molecule has 148 valence electrons. The van der Waals surface area contributed by atoms with Gasteiger partial charge in [-0.05, 0) is 50.7 Å². The summed E-state index contributed by atoms with van der Waals surface area (Å²) in [4.78, 5) is 11.3. The van der Waals surface area contributed by atoms with Crippen LogP contribution in [0, 0.1) is 0 Å². The van der Waals surface area contributed by atoms with Gasteiger partial charge in [-0.2, -0.15) is 13.2 Å². The first-order valence-electron chi connectivity index (χ1n) is 9.59. The minimum atomic E-state index is -4.45. The minimum Gasteiger partial charge on any atom is -0.361 e. The molecular formula is C21H23F3N4. The van der Waals surface area contributed by atoms with E-state index in [4.69, 9.17) is 0 Å². The summed E-state index contributed by atoms with van der Waals surface area (Å²) in [6.07, 6.45) is 0.156. The van der Waals surface area contributed by atoms with Crippen LogP contribution in [-0.2, 0) is 19.0 Å². The largest absolute Gasteiger partial charge is 0.417 e. The Bertz CT molecular complexity index is 934. The van der Waals surface area contributed by atoms with Crippen molar-refractivity contribution in [3.05, 3.63) is 52.5 Å². The second kappa shape index (κ2) is 7.11. The molecule has 0 unspecified atom stereocenters. The fraction of sp³-hybridized carbons (Fsp3) is 0.429. The summed E-state index contributed by atoms with van der Waals surface area (Å²) in [5.74, 6) is 1.76. The molecule has 0 fully saturated rings. The Morgan fingerprint density at radius 2 is 1.79 bits per heavy atom. The lowest BCUT2D eigenvalue weighted by atomic mass is 9.95. The number of nitrogens with one attached hydrogen (secondary N) is 1. The van der Waals surface area contributed by atoms with E-state index in [1.165, 1.54) is 17.7 Å². The number of benzene rings is 1. The maximum atomic E-state index is 13.5. The van der Waals surface area contributed by atoms with Crippen molar-refractivity contribution < 1.29 is 13.2 Å². The molecule has 4 nitrogen and oxygen atoms in total. The van der Waals surface area contributed by atoms with E-state index in [9.17, 15) is 13.2 Å². The van der Waals surface area contributed by atoms with Crippen molar-refractivity contribution in [2.45, 2.75) is 45.2 Å². The summed E-state index contributed by atoms with van der Waals surface area (Å²) in [6.45, 7) is 2.99. The number of fused-ring (bicyclic) bond motifs is 1. The fourth-order valence-corrected chi connectivity index (χ4v) is 3.95. The summed E-state index contributed by atoms with van der Waals surface area (Å²) in [5, 5.41) is 3.41. The van der Waals surface area contributed by atoms with Crippen molar-refractivity contribution in [2.24, 2.45) is 0 Å². The van der Waals surface area contributed by atoms with E-state index in [1.54, 1.807) is 6.07 Å². The summed E-state index contributed by atoms with van der Waals surface area (Å²) < 4.78 is 40.6. The van der Waals surface area contributed by atoms with E-state index >= 15 is 0 Å². The highest BCUT2D eigenvalue weighted by Crippen LogP contribution is 2.37. The van der Waals surface area contributed by atoms with Crippen LogP contribution in [0.15, 0.2) is 35.7 Å². The third-order valence-electron chi connectivity index (χ3n) is 5.50. The first-order valence-corrected chi connectivity index (χ1v) is 9.59. The zero-order valence-electron chi connectivity index (χ0n) is 16.0. The van der Waals surface area contributed by atoms with Gasteiger partial charge in [-0.1, -0.05) is 18.2 Å². The van der Waals surface area contributed by atoms with Crippen LogP contribution in [0.4, 0.5) is 19.0 Å². The Hall–Kier alpha value is -2.57. The Kier molecular flexibility index (Phi) is 4.77. The van der Waals surface area contributed by atoms with Crippen LogP contribution in [0.25, 0.3) is 11.4 Å². The molecule has 2 aromatic rings. The molecule has 2 aliphatic rings. The zero-order chi connectivity index (χ0) is 19.9. The van der Waals surface area contributed by atoms with Crippen LogP contribution >= 0.6 is 0 Å². The lowest BCUT2D eigenvalue weighted by molar-refractivity contribution is -0.137. The molecule has 0 saturated carbocycles. The van der Waals surface area contributed by atoms with E-state index in [1.807, 2.05) is 7.05 Å². The maximum absolute atomic E-state index is 13.5. The third-order valence-corrected chi connectivity index (χ3v) is 5.50. The molecule has 7 heteroatoms. The van der Waals surface area contributed by atoms with Crippen LogP contribution in [0.2, 0.25) is 0 Å². The number of hydrogen-bond donors (Lipinski definition) is 1. The van der Waals surface area contributed by atoms with Gasteiger partial charge in [-0.3, -0.25) is 0 Å². The fourth-order valence-electron chi connectivity index (χ4n) is 3.95. The smallest absolute Gasteiger partial charge is 0.361 e.